The van der Waals surface area contributed by atoms with Crippen molar-refractivity contribution in [3.05, 3.63) is 65.6 Å². The maximum Gasteiger partial charge on any atom is 0.355 e. The van der Waals surface area contributed by atoms with Crippen molar-refractivity contribution in [1.82, 2.24) is 19.6 Å². The molecule has 0 radical (unpaired) electrons. The molecule has 232 valence electrons. The number of nitrogens with one attached hydrogen (secondary N) is 2. The van der Waals surface area contributed by atoms with Gasteiger partial charge in [0.25, 0.3) is 10.0 Å². The zero-order valence-corrected chi connectivity index (χ0v) is 26.2. The van der Waals surface area contributed by atoms with Gasteiger partial charge in [0.05, 0.1) is 11.5 Å². The molecule has 0 atom stereocenters. The molecule has 11 nitrogen and oxygen atoms in total. The molecule has 0 aliphatic heterocycles. The quantitative estimate of drug-likeness (QED) is 0.112. The van der Waals surface area contributed by atoms with Gasteiger partial charge in [0.15, 0.2) is 5.69 Å². The second-order valence-electron chi connectivity index (χ2n) is 9.77. The van der Waals surface area contributed by atoms with E-state index in [2.05, 4.69) is 21.9 Å². The molecule has 0 aliphatic carbocycles. The molecule has 0 aliphatic rings. The SMILES string of the molecule is CCCCc1nc(SCCCOC(C)=O)c(C(=O)O)n1Cc1ccc(-c2ccccc2S(=O)(=O)NC(=O)NCCC)cc1. The van der Waals surface area contributed by atoms with Gasteiger partial charge in [-0.05, 0) is 36.5 Å². The fourth-order valence-electron chi connectivity index (χ4n) is 4.29. The fourth-order valence-corrected chi connectivity index (χ4v) is 6.40. The highest BCUT2D eigenvalue weighted by atomic mass is 32.2. The molecule has 1 heterocycles. The Balaban J connectivity index is 1.87. The van der Waals surface area contributed by atoms with Crippen LogP contribution in [0.15, 0.2) is 58.5 Å². The van der Waals surface area contributed by atoms with Crippen molar-refractivity contribution < 1.29 is 32.6 Å². The van der Waals surface area contributed by atoms with Crippen molar-refractivity contribution in [2.45, 2.75) is 69.3 Å². The summed E-state index contributed by atoms with van der Waals surface area (Å²) in [6.45, 7) is 6.13. The summed E-state index contributed by atoms with van der Waals surface area (Å²) in [6, 6.07) is 12.8. The largest absolute Gasteiger partial charge is 0.476 e. The Bertz CT molecular complexity index is 1520. The average Bonchev–Trinajstić information content (AvgIpc) is 3.31. The number of benzene rings is 2. The standard InChI is InChI=1S/C30H38N4O7S2/c1-4-6-12-26-32-28(42-19-9-18-41-21(3)35)27(29(36)37)34(26)20-22-13-15-23(16-14-22)24-10-7-8-11-25(24)43(39,40)33-30(38)31-17-5-2/h7-8,10-11,13-16H,4-6,9,12,17-20H2,1-3H3,(H,36,37)(H2,31,33,38). The number of unbranched alkanes of at least 4 members (excludes halogenated alkanes) is 1. The summed E-state index contributed by atoms with van der Waals surface area (Å²) in [4.78, 5) is 40.1. The van der Waals surface area contributed by atoms with Crippen LogP contribution in [0.4, 0.5) is 4.79 Å². The lowest BCUT2D eigenvalue weighted by Gasteiger charge is -2.14. The lowest BCUT2D eigenvalue weighted by atomic mass is 10.0. The van der Waals surface area contributed by atoms with Crippen molar-refractivity contribution >= 4 is 39.8 Å². The van der Waals surface area contributed by atoms with Gasteiger partial charge in [-0.1, -0.05) is 62.7 Å². The van der Waals surface area contributed by atoms with Crippen LogP contribution in [0.5, 0.6) is 0 Å². The molecule has 43 heavy (non-hydrogen) atoms. The summed E-state index contributed by atoms with van der Waals surface area (Å²) in [7, 11) is -4.14. The minimum Gasteiger partial charge on any atom is -0.476 e. The predicted molar refractivity (Wildman–Crippen MR) is 165 cm³/mol. The van der Waals surface area contributed by atoms with Gasteiger partial charge in [0.1, 0.15) is 10.9 Å². The average molecular weight is 631 g/mol. The number of hydrogen-bond acceptors (Lipinski definition) is 8. The summed E-state index contributed by atoms with van der Waals surface area (Å²) in [5.41, 5.74) is 1.97. The van der Waals surface area contributed by atoms with E-state index in [1.54, 1.807) is 34.9 Å². The molecule has 0 bridgehead atoms. The van der Waals surface area contributed by atoms with Crippen molar-refractivity contribution in [2.24, 2.45) is 0 Å². The molecule has 2 amide bonds. The number of carboxylic acid groups (broad SMARTS) is 1. The first-order valence-corrected chi connectivity index (χ1v) is 16.6. The van der Waals surface area contributed by atoms with Crippen LogP contribution in [0.25, 0.3) is 11.1 Å². The molecule has 3 rings (SSSR count). The molecule has 2 aromatic carbocycles. The van der Waals surface area contributed by atoms with E-state index in [0.717, 1.165) is 18.4 Å². The number of hydrogen-bond donors (Lipinski definition) is 3. The number of sulfonamides is 1. The van der Waals surface area contributed by atoms with E-state index < -0.39 is 22.0 Å². The number of aromatic carboxylic acids is 1. The molecule has 13 heteroatoms. The van der Waals surface area contributed by atoms with Crippen LogP contribution in [0.2, 0.25) is 0 Å². The summed E-state index contributed by atoms with van der Waals surface area (Å²) in [5.74, 6) is -0.215. The molecule has 3 aromatic rings. The number of aromatic nitrogens is 2. The molecular formula is C30H38N4O7S2. The van der Waals surface area contributed by atoms with Crippen molar-refractivity contribution in [2.75, 3.05) is 18.9 Å². The number of aryl methyl sites for hydroxylation is 1. The number of ether oxygens (including phenoxy) is 1. The third-order valence-corrected chi connectivity index (χ3v) is 8.79. The Kier molecular flexibility index (Phi) is 12.6. The lowest BCUT2D eigenvalue weighted by Crippen LogP contribution is -2.39. The number of rotatable bonds is 16. The second kappa shape index (κ2) is 16.1. The van der Waals surface area contributed by atoms with Gasteiger partial charge in [-0.3, -0.25) is 4.79 Å². The number of esters is 1. The maximum atomic E-state index is 13.0. The van der Waals surface area contributed by atoms with Gasteiger partial charge >= 0.3 is 18.0 Å². The van der Waals surface area contributed by atoms with E-state index >= 15 is 0 Å². The Morgan fingerprint density at radius 3 is 2.40 bits per heavy atom. The number of carbonyl (C=O) groups excluding carboxylic acids is 2. The third kappa shape index (κ3) is 9.58. The van der Waals surface area contributed by atoms with Gasteiger partial charge in [0, 0.05) is 37.8 Å². The second-order valence-corrected chi connectivity index (χ2v) is 12.5. The monoisotopic (exact) mass is 630 g/mol. The fraction of sp³-hybridized carbons (Fsp3) is 0.400. The minimum absolute atomic E-state index is 0.0330. The highest BCUT2D eigenvalue weighted by Gasteiger charge is 2.24. The number of urea groups is 1. The number of carbonyl (C=O) groups is 3. The van der Waals surface area contributed by atoms with E-state index in [0.29, 0.717) is 53.5 Å². The smallest absolute Gasteiger partial charge is 0.355 e. The molecular weight excluding hydrogens is 592 g/mol. The Morgan fingerprint density at radius 1 is 1.02 bits per heavy atom. The number of amides is 2. The van der Waals surface area contributed by atoms with Gasteiger partial charge in [-0.15, -0.1) is 11.8 Å². The van der Waals surface area contributed by atoms with Crippen LogP contribution >= 0.6 is 11.8 Å². The highest BCUT2D eigenvalue weighted by Crippen LogP contribution is 2.29. The maximum absolute atomic E-state index is 13.0. The van der Waals surface area contributed by atoms with Gasteiger partial charge in [-0.2, -0.15) is 0 Å². The van der Waals surface area contributed by atoms with Crippen LogP contribution in [0, 0.1) is 0 Å². The number of imidazole rings is 1. The van der Waals surface area contributed by atoms with Crippen LogP contribution in [0.1, 0.15) is 68.3 Å². The van der Waals surface area contributed by atoms with E-state index in [1.807, 2.05) is 19.1 Å². The highest BCUT2D eigenvalue weighted by molar-refractivity contribution is 7.99. The Hall–Kier alpha value is -3.84. The third-order valence-electron chi connectivity index (χ3n) is 6.35. The van der Waals surface area contributed by atoms with E-state index in [-0.39, 0.29) is 29.7 Å². The lowest BCUT2D eigenvalue weighted by molar-refractivity contribution is -0.140. The van der Waals surface area contributed by atoms with Crippen LogP contribution < -0.4 is 10.0 Å². The van der Waals surface area contributed by atoms with Crippen molar-refractivity contribution in [3.63, 3.8) is 0 Å². The van der Waals surface area contributed by atoms with Crippen LogP contribution in [-0.4, -0.2) is 59.9 Å². The van der Waals surface area contributed by atoms with Crippen molar-refractivity contribution in [3.8, 4) is 11.1 Å². The van der Waals surface area contributed by atoms with Gasteiger partial charge in [0.2, 0.25) is 0 Å². The molecule has 0 saturated heterocycles. The summed E-state index contributed by atoms with van der Waals surface area (Å²) in [6.07, 6.45) is 3.62. The van der Waals surface area contributed by atoms with E-state index in [4.69, 9.17) is 4.74 Å². The van der Waals surface area contributed by atoms with E-state index in [9.17, 15) is 27.9 Å². The summed E-state index contributed by atoms with van der Waals surface area (Å²) < 4.78 is 34.8. The van der Waals surface area contributed by atoms with Gasteiger partial charge in [-0.25, -0.2) is 27.7 Å². The first kappa shape index (κ1) is 33.7. The molecule has 1 aromatic heterocycles. The van der Waals surface area contributed by atoms with Crippen LogP contribution in [0.3, 0.4) is 0 Å². The number of nitrogens with zero attached hydrogens (tertiary/aromatic N) is 2. The molecule has 0 unspecified atom stereocenters. The normalized spacial score (nSPS) is 11.2. The number of thioether (sulfide) groups is 1. The van der Waals surface area contributed by atoms with Gasteiger partial charge < -0.3 is 19.7 Å². The molecule has 0 spiro atoms. The minimum atomic E-state index is -4.14. The zero-order valence-electron chi connectivity index (χ0n) is 24.6. The van der Waals surface area contributed by atoms with Crippen molar-refractivity contribution in [1.29, 1.82) is 0 Å². The summed E-state index contributed by atoms with van der Waals surface area (Å²) in [5, 5.41) is 13.0. The first-order chi connectivity index (χ1) is 20.6. The Labute approximate surface area is 256 Å². The van der Waals surface area contributed by atoms with E-state index in [1.165, 1.54) is 24.8 Å². The molecule has 3 N–H and O–H groups in total. The van der Waals surface area contributed by atoms with Crippen LogP contribution in [-0.2, 0) is 32.5 Å². The summed E-state index contributed by atoms with van der Waals surface area (Å²) >= 11 is 1.32. The predicted octanol–water partition coefficient (Wildman–Crippen LogP) is 5.08. The topological polar surface area (TPSA) is 157 Å². The molecule has 0 fully saturated rings. The Morgan fingerprint density at radius 2 is 1.74 bits per heavy atom. The number of carboxylic acids is 1. The first-order valence-electron chi connectivity index (χ1n) is 14.1. The zero-order chi connectivity index (χ0) is 31.4. The molecule has 0 saturated carbocycles.